The van der Waals surface area contributed by atoms with Gasteiger partial charge in [-0.25, -0.2) is 0 Å². The maximum atomic E-state index is 6.13. The summed E-state index contributed by atoms with van der Waals surface area (Å²) in [6, 6.07) is 13.7. The Morgan fingerprint density at radius 3 is 2.17 bits per heavy atom. The van der Waals surface area contributed by atoms with Crippen LogP contribution in [0.4, 0.5) is 0 Å². The van der Waals surface area contributed by atoms with Gasteiger partial charge in [-0.2, -0.15) is 0 Å². The van der Waals surface area contributed by atoms with Crippen molar-refractivity contribution in [3.05, 3.63) is 59.9 Å². The molecular weight excluding hydrogens is 296 g/mol. The van der Waals surface area contributed by atoms with Crippen molar-refractivity contribution in [3.8, 4) is 0 Å². The smallest absolute Gasteiger partial charge is 0.399 e. The van der Waals surface area contributed by atoms with Crippen LogP contribution in [0.2, 0.25) is 0 Å². The lowest BCUT2D eigenvalue weighted by molar-refractivity contribution is 0.00578. The highest BCUT2D eigenvalue weighted by atomic mass is 16.7. The Morgan fingerprint density at radius 2 is 1.62 bits per heavy atom. The lowest BCUT2D eigenvalue weighted by atomic mass is 9.80. The van der Waals surface area contributed by atoms with Crippen LogP contribution in [0.15, 0.2) is 48.7 Å². The Bertz CT molecular complexity index is 724. The van der Waals surface area contributed by atoms with E-state index in [4.69, 9.17) is 17.2 Å². The molecule has 0 amide bonds. The second-order valence-electron chi connectivity index (χ2n) is 7.07. The van der Waals surface area contributed by atoms with Crippen LogP contribution in [-0.2, 0) is 9.31 Å². The molecule has 1 saturated heterocycles. The van der Waals surface area contributed by atoms with Gasteiger partial charge >= 0.3 is 7.12 Å². The predicted octanol–water partition coefficient (Wildman–Crippen LogP) is 3.05. The van der Waals surface area contributed by atoms with E-state index < -0.39 is 7.12 Å². The lowest BCUT2D eigenvalue weighted by Gasteiger charge is -2.32. The molecule has 1 fully saturated rings. The van der Waals surface area contributed by atoms with Crippen LogP contribution in [0, 0.1) is 0 Å². The number of pyridine rings is 1. The molecule has 0 spiro atoms. The molecule has 1 aliphatic heterocycles. The van der Waals surface area contributed by atoms with Crippen molar-refractivity contribution >= 4 is 32.0 Å². The van der Waals surface area contributed by atoms with Gasteiger partial charge in [-0.05, 0) is 45.4 Å². The molecule has 0 unspecified atom stereocenters. The standard InChI is InChI=1S/C19H21B2NO2/c1-18(2)19(3,4)24-21(23-18)15-10-11-16(22-13-15)12-17(20)14-8-6-5-7-9-14/h5-13H,1-4H3/b17-12-. The molecule has 2 radical (unpaired) electrons. The number of rotatable bonds is 3. The van der Waals surface area contributed by atoms with E-state index in [2.05, 4.69) is 4.98 Å². The van der Waals surface area contributed by atoms with E-state index in [1.54, 1.807) is 6.20 Å². The highest BCUT2D eigenvalue weighted by molar-refractivity contribution is 6.62. The van der Waals surface area contributed by atoms with E-state index in [-0.39, 0.29) is 11.2 Å². The van der Waals surface area contributed by atoms with Crippen LogP contribution < -0.4 is 5.46 Å². The third kappa shape index (κ3) is 3.33. The molecule has 0 aliphatic carbocycles. The lowest BCUT2D eigenvalue weighted by Crippen LogP contribution is -2.41. The maximum absolute atomic E-state index is 6.13. The van der Waals surface area contributed by atoms with Crippen LogP contribution >= 0.6 is 0 Å². The molecule has 0 bridgehead atoms. The Labute approximate surface area is 145 Å². The third-order valence-corrected chi connectivity index (χ3v) is 4.75. The SMILES string of the molecule is [B]/C(=C\c1ccc(B2OC(C)(C)C(C)(C)O2)cn1)c1ccccc1. The summed E-state index contributed by atoms with van der Waals surface area (Å²) in [6.07, 6.45) is 3.65. The quantitative estimate of drug-likeness (QED) is 0.816. The van der Waals surface area contributed by atoms with Gasteiger partial charge in [-0.15, -0.1) is 0 Å². The average molecular weight is 317 g/mol. The number of aromatic nitrogens is 1. The minimum absolute atomic E-state index is 0.353. The molecule has 1 aromatic carbocycles. The van der Waals surface area contributed by atoms with Crippen LogP contribution in [-0.4, -0.2) is 31.2 Å². The zero-order valence-electron chi connectivity index (χ0n) is 14.6. The van der Waals surface area contributed by atoms with E-state index >= 15 is 0 Å². The van der Waals surface area contributed by atoms with Gasteiger partial charge in [0.25, 0.3) is 0 Å². The fraction of sp³-hybridized carbons (Fsp3) is 0.316. The van der Waals surface area contributed by atoms with Crippen LogP contribution in [0.5, 0.6) is 0 Å². The topological polar surface area (TPSA) is 31.4 Å². The number of hydrogen-bond donors (Lipinski definition) is 0. The van der Waals surface area contributed by atoms with Gasteiger partial charge in [0, 0.05) is 11.7 Å². The molecule has 120 valence electrons. The van der Waals surface area contributed by atoms with Crippen molar-refractivity contribution in [3.63, 3.8) is 0 Å². The fourth-order valence-electron chi connectivity index (χ4n) is 2.49. The molecule has 0 saturated carbocycles. The second-order valence-corrected chi connectivity index (χ2v) is 7.07. The summed E-state index contributed by atoms with van der Waals surface area (Å²) in [6.45, 7) is 8.16. The second kappa shape index (κ2) is 6.23. The Balaban J connectivity index is 1.77. The molecule has 0 N–H and O–H groups in total. The van der Waals surface area contributed by atoms with Gasteiger partial charge in [0.2, 0.25) is 0 Å². The number of benzene rings is 1. The van der Waals surface area contributed by atoms with Crippen molar-refractivity contribution < 1.29 is 9.31 Å². The largest absolute Gasteiger partial charge is 0.496 e. The predicted molar refractivity (Wildman–Crippen MR) is 100 cm³/mol. The summed E-state index contributed by atoms with van der Waals surface area (Å²) in [5, 5.41) is 0. The van der Waals surface area contributed by atoms with Crippen molar-refractivity contribution in [1.29, 1.82) is 0 Å². The molecule has 24 heavy (non-hydrogen) atoms. The molecule has 5 heteroatoms. The van der Waals surface area contributed by atoms with E-state index in [0.717, 1.165) is 16.7 Å². The summed E-state index contributed by atoms with van der Waals surface area (Å²) < 4.78 is 12.1. The van der Waals surface area contributed by atoms with Gasteiger partial charge in [0.05, 0.1) is 16.9 Å². The van der Waals surface area contributed by atoms with E-state index in [9.17, 15) is 0 Å². The third-order valence-electron chi connectivity index (χ3n) is 4.75. The van der Waals surface area contributed by atoms with E-state index in [1.165, 1.54) is 0 Å². The summed E-state index contributed by atoms with van der Waals surface area (Å²) >= 11 is 0. The van der Waals surface area contributed by atoms with Crippen molar-refractivity contribution in [1.82, 2.24) is 4.98 Å². The zero-order chi connectivity index (χ0) is 17.4. The minimum atomic E-state index is -0.396. The molecule has 2 heterocycles. The van der Waals surface area contributed by atoms with Gasteiger partial charge in [0.1, 0.15) is 7.85 Å². The molecule has 0 atom stereocenters. The molecule has 1 aliphatic rings. The zero-order valence-corrected chi connectivity index (χ0v) is 14.6. The maximum Gasteiger partial charge on any atom is 0.496 e. The van der Waals surface area contributed by atoms with Crippen LogP contribution in [0.3, 0.4) is 0 Å². The first-order valence-corrected chi connectivity index (χ1v) is 8.13. The van der Waals surface area contributed by atoms with Crippen molar-refractivity contribution in [2.24, 2.45) is 0 Å². The Hall–Kier alpha value is -1.84. The highest BCUT2D eigenvalue weighted by Gasteiger charge is 2.51. The van der Waals surface area contributed by atoms with Gasteiger partial charge in [0.15, 0.2) is 0 Å². The number of hydrogen-bond acceptors (Lipinski definition) is 3. The highest BCUT2D eigenvalue weighted by Crippen LogP contribution is 2.36. The van der Waals surface area contributed by atoms with Gasteiger partial charge < -0.3 is 9.31 Å². The summed E-state index contributed by atoms with van der Waals surface area (Å²) in [4.78, 5) is 4.47. The molecule has 1 aromatic heterocycles. The van der Waals surface area contributed by atoms with Crippen molar-refractivity contribution in [2.45, 2.75) is 38.9 Å². The average Bonchev–Trinajstić information content (AvgIpc) is 2.77. The first kappa shape index (κ1) is 17.0. The Kier molecular flexibility index (Phi) is 4.41. The number of nitrogens with zero attached hydrogens (tertiary/aromatic N) is 1. The van der Waals surface area contributed by atoms with Crippen molar-refractivity contribution in [2.75, 3.05) is 0 Å². The van der Waals surface area contributed by atoms with E-state index in [1.807, 2.05) is 76.2 Å². The summed E-state index contributed by atoms with van der Waals surface area (Å²) in [5.74, 6) is 0. The Morgan fingerprint density at radius 1 is 1.00 bits per heavy atom. The van der Waals surface area contributed by atoms with Crippen LogP contribution in [0.1, 0.15) is 39.0 Å². The minimum Gasteiger partial charge on any atom is -0.399 e. The molecule has 3 nitrogen and oxygen atoms in total. The van der Waals surface area contributed by atoms with Gasteiger partial charge in [-0.3, -0.25) is 4.98 Å². The van der Waals surface area contributed by atoms with Gasteiger partial charge in [-0.1, -0.05) is 41.9 Å². The normalized spacial score (nSPS) is 19.5. The summed E-state index contributed by atoms with van der Waals surface area (Å²) in [5.41, 5.74) is 2.67. The first-order valence-electron chi connectivity index (χ1n) is 8.13. The fourth-order valence-corrected chi connectivity index (χ4v) is 2.49. The summed E-state index contributed by atoms with van der Waals surface area (Å²) in [7, 11) is 5.73. The molecule has 3 rings (SSSR count). The van der Waals surface area contributed by atoms with E-state index in [0.29, 0.717) is 5.47 Å². The monoisotopic (exact) mass is 317 g/mol. The first-order chi connectivity index (χ1) is 11.3. The molecular formula is C19H21B2NO2. The molecule has 2 aromatic rings. The van der Waals surface area contributed by atoms with Crippen LogP contribution in [0.25, 0.3) is 11.5 Å².